The molecule has 4 nitrogen and oxygen atoms in total. The molecule has 2 unspecified atom stereocenters. The minimum atomic E-state index is -0.168. The standard InChI is InChI=1S/C6H16NO3P/c8-3-1-2-7-4-6(5-9)10-11/h6-9H,1-5,11H2. The number of nitrogens with one attached hydrogen (secondary N) is 1. The fraction of sp³-hybridized carbons (Fsp3) is 1.00. The van der Waals surface area contributed by atoms with Crippen LogP contribution in [0, 0.1) is 0 Å². The van der Waals surface area contributed by atoms with E-state index in [0.717, 1.165) is 13.0 Å². The zero-order valence-electron chi connectivity index (χ0n) is 6.49. The second kappa shape index (κ2) is 8.37. The van der Waals surface area contributed by atoms with Crippen molar-refractivity contribution in [3.8, 4) is 0 Å². The van der Waals surface area contributed by atoms with Gasteiger partial charge in [0.15, 0.2) is 0 Å². The Hall–Kier alpha value is 0.270. The third kappa shape index (κ3) is 6.66. The highest BCUT2D eigenvalue weighted by atomic mass is 31.0. The minimum Gasteiger partial charge on any atom is -0.396 e. The first-order valence-electron chi connectivity index (χ1n) is 3.63. The molecule has 0 spiro atoms. The lowest BCUT2D eigenvalue weighted by Gasteiger charge is -2.11. The van der Waals surface area contributed by atoms with Crippen molar-refractivity contribution >= 4 is 9.47 Å². The van der Waals surface area contributed by atoms with Gasteiger partial charge in [-0.2, -0.15) is 0 Å². The van der Waals surface area contributed by atoms with Crippen LogP contribution in [0.1, 0.15) is 6.42 Å². The van der Waals surface area contributed by atoms with Gasteiger partial charge in [0.25, 0.3) is 0 Å². The van der Waals surface area contributed by atoms with Gasteiger partial charge in [-0.3, -0.25) is 0 Å². The zero-order chi connectivity index (χ0) is 8.53. The molecule has 0 heterocycles. The van der Waals surface area contributed by atoms with Crippen LogP contribution in [-0.2, 0) is 4.52 Å². The fourth-order valence-electron chi connectivity index (χ4n) is 0.623. The van der Waals surface area contributed by atoms with Gasteiger partial charge in [0.2, 0.25) is 0 Å². The van der Waals surface area contributed by atoms with Crippen LogP contribution in [0.5, 0.6) is 0 Å². The summed E-state index contributed by atoms with van der Waals surface area (Å²) in [5.41, 5.74) is 0. The number of aliphatic hydroxyl groups is 2. The average molecular weight is 181 g/mol. The number of hydrogen-bond acceptors (Lipinski definition) is 4. The fourth-order valence-corrected chi connectivity index (χ4v) is 0.805. The smallest absolute Gasteiger partial charge is 0.0965 e. The van der Waals surface area contributed by atoms with Crippen molar-refractivity contribution in [3.63, 3.8) is 0 Å². The van der Waals surface area contributed by atoms with E-state index in [1.807, 2.05) is 0 Å². The van der Waals surface area contributed by atoms with E-state index < -0.39 is 0 Å². The zero-order valence-corrected chi connectivity index (χ0v) is 7.65. The molecule has 0 aliphatic rings. The van der Waals surface area contributed by atoms with Crippen LogP contribution in [0.2, 0.25) is 0 Å². The largest absolute Gasteiger partial charge is 0.396 e. The third-order valence-electron chi connectivity index (χ3n) is 1.28. The number of rotatable bonds is 7. The lowest BCUT2D eigenvalue weighted by atomic mass is 10.3. The Bertz CT molecular complexity index is 80.2. The van der Waals surface area contributed by atoms with E-state index in [1.165, 1.54) is 0 Å². The lowest BCUT2D eigenvalue weighted by molar-refractivity contribution is 0.132. The van der Waals surface area contributed by atoms with E-state index in [4.69, 9.17) is 14.7 Å². The van der Waals surface area contributed by atoms with E-state index in [9.17, 15) is 0 Å². The molecule has 0 saturated heterocycles. The van der Waals surface area contributed by atoms with Gasteiger partial charge in [-0.25, -0.2) is 0 Å². The molecule has 3 N–H and O–H groups in total. The maximum Gasteiger partial charge on any atom is 0.0965 e. The highest BCUT2D eigenvalue weighted by Crippen LogP contribution is 1.94. The van der Waals surface area contributed by atoms with Crippen molar-refractivity contribution < 1.29 is 14.7 Å². The molecule has 68 valence electrons. The average Bonchev–Trinajstić information content (AvgIpc) is 2.05. The summed E-state index contributed by atoms with van der Waals surface area (Å²) in [6, 6.07) is 0. The molecule has 0 saturated carbocycles. The predicted molar refractivity (Wildman–Crippen MR) is 46.2 cm³/mol. The van der Waals surface area contributed by atoms with Gasteiger partial charge in [-0.15, -0.1) is 0 Å². The summed E-state index contributed by atoms with van der Waals surface area (Å²) in [7, 11) is 2.11. The molecule has 0 amide bonds. The van der Waals surface area contributed by atoms with E-state index in [-0.39, 0.29) is 19.3 Å². The van der Waals surface area contributed by atoms with Crippen molar-refractivity contribution in [1.82, 2.24) is 5.32 Å². The summed E-state index contributed by atoms with van der Waals surface area (Å²) in [6.45, 7) is 1.56. The van der Waals surface area contributed by atoms with Crippen molar-refractivity contribution in [2.45, 2.75) is 12.5 Å². The molecule has 0 aromatic rings. The summed E-state index contributed by atoms with van der Waals surface area (Å²) in [6.07, 6.45) is 0.563. The lowest BCUT2D eigenvalue weighted by Crippen LogP contribution is -2.30. The van der Waals surface area contributed by atoms with Gasteiger partial charge < -0.3 is 20.1 Å². The van der Waals surface area contributed by atoms with Gasteiger partial charge in [-0.1, -0.05) is 0 Å². The van der Waals surface area contributed by atoms with Gasteiger partial charge >= 0.3 is 0 Å². The second-order valence-electron chi connectivity index (χ2n) is 2.22. The topological polar surface area (TPSA) is 61.7 Å². The van der Waals surface area contributed by atoms with E-state index in [2.05, 4.69) is 14.8 Å². The maximum atomic E-state index is 8.65. The first-order chi connectivity index (χ1) is 5.35. The molecule has 0 fully saturated rings. The Morgan fingerprint density at radius 3 is 2.64 bits per heavy atom. The molecule has 0 aromatic heterocycles. The van der Waals surface area contributed by atoms with Gasteiger partial charge in [0, 0.05) is 22.6 Å². The van der Waals surface area contributed by atoms with Crippen LogP contribution in [0.15, 0.2) is 0 Å². The third-order valence-corrected chi connectivity index (χ3v) is 1.66. The van der Waals surface area contributed by atoms with Gasteiger partial charge in [0.05, 0.1) is 12.7 Å². The van der Waals surface area contributed by atoms with Crippen LogP contribution in [0.25, 0.3) is 0 Å². The molecule has 2 atom stereocenters. The molecule has 0 bridgehead atoms. The summed E-state index contributed by atoms with van der Waals surface area (Å²) in [5, 5.41) is 20.1. The SMILES string of the molecule is OCCCNCC(CO)OP. The van der Waals surface area contributed by atoms with Gasteiger partial charge in [0.1, 0.15) is 0 Å². The van der Waals surface area contributed by atoms with Crippen LogP contribution in [0.4, 0.5) is 0 Å². The number of aliphatic hydroxyl groups excluding tert-OH is 2. The molecule has 0 rings (SSSR count). The van der Waals surface area contributed by atoms with E-state index in [0.29, 0.717) is 6.54 Å². The molecule has 0 aliphatic carbocycles. The minimum absolute atomic E-state index is 0.00955. The van der Waals surface area contributed by atoms with Crippen molar-refractivity contribution in [2.75, 3.05) is 26.3 Å². The molecular formula is C6H16NO3P. The Morgan fingerprint density at radius 1 is 1.45 bits per heavy atom. The quantitative estimate of drug-likeness (QED) is 0.353. The summed E-state index contributed by atoms with van der Waals surface area (Å²) >= 11 is 0. The first kappa shape index (κ1) is 11.3. The molecule has 11 heavy (non-hydrogen) atoms. The van der Waals surface area contributed by atoms with E-state index >= 15 is 0 Å². The highest BCUT2D eigenvalue weighted by molar-refractivity contribution is 7.09. The van der Waals surface area contributed by atoms with Crippen LogP contribution >= 0.6 is 9.47 Å². The van der Waals surface area contributed by atoms with E-state index in [1.54, 1.807) is 0 Å². The van der Waals surface area contributed by atoms with Crippen molar-refractivity contribution in [1.29, 1.82) is 0 Å². The monoisotopic (exact) mass is 181 g/mol. The molecule has 5 heteroatoms. The van der Waals surface area contributed by atoms with Crippen LogP contribution in [0.3, 0.4) is 0 Å². The Morgan fingerprint density at radius 2 is 2.18 bits per heavy atom. The molecule has 0 radical (unpaired) electrons. The predicted octanol–water partition coefficient (Wildman–Crippen LogP) is -0.874. The normalized spacial score (nSPS) is 13.4. The Balaban J connectivity index is 3.07. The van der Waals surface area contributed by atoms with Crippen LogP contribution < -0.4 is 5.32 Å². The number of hydrogen-bond donors (Lipinski definition) is 3. The molecule has 0 aliphatic heterocycles. The first-order valence-corrected chi connectivity index (χ1v) is 4.10. The maximum absolute atomic E-state index is 8.65. The summed E-state index contributed by atoms with van der Waals surface area (Å²) < 4.78 is 4.82. The van der Waals surface area contributed by atoms with Crippen molar-refractivity contribution in [3.05, 3.63) is 0 Å². The molecular weight excluding hydrogens is 165 g/mol. The van der Waals surface area contributed by atoms with Crippen LogP contribution in [-0.4, -0.2) is 42.6 Å². The second-order valence-corrected chi connectivity index (χ2v) is 2.49. The van der Waals surface area contributed by atoms with Gasteiger partial charge in [-0.05, 0) is 13.0 Å². The van der Waals surface area contributed by atoms with Crippen molar-refractivity contribution in [2.24, 2.45) is 0 Å². The highest BCUT2D eigenvalue weighted by Gasteiger charge is 2.02. The summed E-state index contributed by atoms with van der Waals surface area (Å²) in [5.74, 6) is 0. The summed E-state index contributed by atoms with van der Waals surface area (Å²) in [4.78, 5) is 0. The molecule has 0 aromatic carbocycles. The Labute approximate surface area is 69.2 Å². The Kier molecular flexibility index (Phi) is 8.57.